The fourth-order valence-corrected chi connectivity index (χ4v) is 1.86. The van der Waals surface area contributed by atoms with Crippen molar-refractivity contribution in [3.05, 3.63) is 0 Å². The summed E-state index contributed by atoms with van der Waals surface area (Å²) in [7, 11) is 0. The molecule has 1 aliphatic rings. The number of hydrogen-bond donors (Lipinski definition) is 0. The van der Waals surface area contributed by atoms with E-state index >= 15 is 0 Å². The van der Waals surface area contributed by atoms with Crippen LogP contribution in [0.25, 0.3) is 0 Å². The van der Waals surface area contributed by atoms with E-state index in [2.05, 4.69) is 20.8 Å². The third-order valence-electron chi connectivity index (χ3n) is 2.76. The number of ether oxygens (including phenoxy) is 2. The van der Waals surface area contributed by atoms with E-state index in [-0.39, 0.29) is 6.29 Å². The first-order chi connectivity index (χ1) is 6.68. The maximum absolute atomic E-state index is 5.43. The van der Waals surface area contributed by atoms with Gasteiger partial charge < -0.3 is 9.47 Å². The van der Waals surface area contributed by atoms with Crippen molar-refractivity contribution in [1.29, 1.82) is 0 Å². The molecule has 1 aliphatic heterocycles. The lowest BCUT2D eigenvalue weighted by Crippen LogP contribution is -2.12. The van der Waals surface area contributed by atoms with Crippen molar-refractivity contribution in [2.45, 2.75) is 52.7 Å². The lowest BCUT2D eigenvalue weighted by molar-refractivity contribution is -0.0562. The summed E-state index contributed by atoms with van der Waals surface area (Å²) in [5.74, 6) is 1.57. The maximum Gasteiger partial charge on any atom is 0.158 e. The molecule has 1 atom stereocenters. The fourth-order valence-electron chi connectivity index (χ4n) is 1.86. The largest absolute Gasteiger partial charge is 0.350 e. The zero-order valence-corrected chi connectivity index (χ0v) is 9.79. The van der Waals surface area contributed by atoms with Crippen LogP contribution < -0.4 is 0 Å². The first-order valence-electron chi connectivity index (χ1n) is 5.91. The van der Waals surface area contributed by atoms with Gasteiger partial charge in [0.15, 0.2) is 6.29 Å². The lowest BCUT2D eigenvalue weighted by atomic mass is 9.97. The van der Waals surface area contributed by atoms with E-state index in [9.17, 15) is 0 Å². The third kappa shape index (κ3) is 4.97. The zero-order chi connectivity index (χ0) is 10.4. The van der Waals surface area contributed by atoms with Crippen LogP contribution in [0.2, 0.25) is 0 Å². The number of hydrogen-bond acceptors (Lipinski definition) is 2. The van der Waals surface area contributed by atoms with Gasteiger partial charge in [0, 0.05) is 6.42 Å². The molecule has 0 amide bonds. The van der Waals surface area contributed by atoms with Crippen LogP contribution in [-0.4, -0.2) is 19.5 Å². The van der Waals surface area contributed by atoms with Crippen molar-refractivity contribution in [3.8, 4) is 0 Å². The highest BCUT2D eigenvalue weighted by Gasteiger charge is 2.18. The standard InChI is InChI=1S/C12H24O2/c1-10(2)5-4-6-11(3)9-12-13-7-8-14-12/h10-12H,4-9H2,1-3H3. The molecule has 14 heavy (non-hydrogen) atoms. The van der Waals surface area contributed by atoms with Gasteiger partial charge in [-0.2, -0.15) is 0 Å². The molecule has 1 unspecified atom stereocenters. The Morgan fingerprint density at radius 2 is 1.71 bits per heavy atom. The molecule has 0 aromatic carbocycles. The van der Waals surface area contributed by atoms with E-state index in [4.69, 9.17) is 9.47 Å². The van der Waals surface area contributed by atoms with Crippen molar-refractivity contribution in [1.82, 2.24) is 0 Å². The normalized spacial score (nSPS) is 20.6. The molecule has 1 fully saturated rings. The quantitative estimate of drug-likeness (QED) is 0.655. The highest BCUT2D eigenvalue weighted by atomic mass is 16.7. The molecule has 1 rings (SSSR count). The summed E-state index contributed by atoms with van der Waals surface area (Å²) in [6.07, 6.45) is 5.14. The third-order valence-corrected chi connectivity index (χ3v) is 2.76. The molecule has 0 bridgehead atoms. The van der Waals surface area contributed by atoms with Crippen LogP contribution in [0.4, 0.5) is 0 Å². The average Bonchev–Trinajstić information content (AvgIpc) is 2.56. The summed E-state index contributed by atoms with van der Waals surface area (Å²) < 4.78 is 10.9. The first-order valence-corrected chi connectivity index (χ1v) is 5.91. The highest BCUT2D eigenvalue weighted by Crippen LogP contribution is 2.20. The van der Waals surface area contributed by atoms with Crippen LogP contribution in [0.1, 0.15) is 46.5 Å². The topological polar surface area (TPSA) is 18.5 Å². The van der Waals surface area contributed by atoms with E-state index in [1.165, 1.54) is 19.3 Å². The summed E-state index contributed by atoms with van der Waals surface area (Å²) in [5.41, 5.74) is 0. The molecule has 0 aromatic rings. The molecule has 0 aromatic heterocycles. The molecular formula is C12H24O2. The lowest BCUT2D eigenvalue weighted by Gasteiger charge is -2.15. The second kappa shape index (κ2) is 6.41. The van der Waals surface area contributed by atoms with Crippen molar-refractivity contribution < 1.29 is 9.47 Å². The predicted octanol–water partition coefficient (Wildman–Crippen LogP) is 3.21. The van der Waals surface area contributed by atoms with Gasteiger partial charge in [0.1, 0.15) is 0 Å². The predicted molar refractivity (Wildman–Crippen MR) is 58.2 cm³/mol. The van der Waals surface area contributed by atoms with Crippen LogP contribution in [0.5, 0.6) is 0 Å². The molecule has 2 heteroatoms. The Labute approximate surface area is 88.0 Å². The van der Waals surface area contributed by atoms with E-state index in [1.807, 2.05) is 0 Å². The van der Waals surface area contributed by atoms with Gasteiger partial charge >= 0.3 is 0 Å². The van der Waals surface area contributed by atoms with Gasteiger partial charge in [-0.25, -0.2) is 0 Å². The van der Waals surface area contributed by atoms with Crippen LogP contribution in [0.3, 0.4) is 0 Å². The summed E-state index contributed by atoms with van der Waals surface area (Å²) in [6, 6.07) is 0. The zero-order valence-electron chi connectivity index (χ0n) is 9.79. The number of rotatable bonds is 6. The minimum Gasteiger partial charge on any atom is -0.350 e. The molecule has 0 spiro atoms. The summed E-state index contributed by atoms with van der Waals surface area (Å²) in [4.78, 5) is 0. The Hall–Kier alpha value is -0.0800. The minimum atomic E-state index is 0.0871. The minimum absolute atomic E-state index is 0.0871. The molecule has 0 N–H and O–H groups in total. The molecule has 84 valence electrons. The monoisotopic (exact) mass is 200 g/mol. The highest BCUT2D eigenvalue weighted by molar-refractivity contribution is 4.60. The van der Waals surface area contributed by atoms with E-state index < -0.39 is 0 Å². The average molecular weight is 200 g/mol. The smallest absolute Gasteiger partial charge is 0.158 e. The van der Waals surface area contributed by atoms with Gasteiger partial charge in [-0.05, 0) is 11.8 Å². The van der Waals surface area contributed by atoms with Gasteiger partial charge in [0.25, 0.3) is 0 Å². The molecular weight excluding hydrogens is 176 g/mol. The Morgan fingerprint density at radius 3 is 2.29 bits per heavy atom. The Morgan fingerprint density at radius 1 is 1.07 bits per heavy atom. The maximum atomic E-state index is 5.43. The molecule has 0 saturated carbocycles. The van der Waals surface area contributed by atoms with Gasteiger partial charge in [-0.3, -0.25) is 0 Å². The van der Waals surface area contributed by atoms with Crippen LogP contribution >= 0.6 is 0 Å². The Bertz CT molecular complexity index is 139. The molecule has 1 saturated heterocycles. The molecule has 0 aliphatic carbocycles. The first kappa shape index (κ1) is 12.0. The van der Waals surface area contributed by atoms with Gasteiger partial charge in [0.2, 0.25) is 0 Å². The van der Waals surface area contributed by atoms with Crippen LogP contribution in [0, 0.1) is 11.8 Å². The molecule has 1 heterocycles. The van der Waals surface area contributed by atoms with Crippen molar-refractivity contribution in [2.24, 2.45) is 11.8 Å². The second-order valence-electron chi connectivity index (χ2n) is 4.84. The van der Waals surface area contributed by atoms with Gasteiger partial charge in [0.05, 0.1) is 13.2 Å². The summed E-state index contributed by atoms with van der Waals surface area (Å²) in [6.45, 7) is 8.43. The Kier molecular flexibility index (Phi) is 5.49. The van der Waals surface area contributed by atoms with Crippen molar-refractivity contribution >= 4 is 0 Å². The van der Waals surface area contributed by atoms with E-state index in [0.29, 0.717) is 0 Å². The van der Waals surface area contributed by atoms with Gasteiger partial charge in [-0.1, -0.05) is 40.0 Å². The van der Waals surface area contributed by atoms with Crippen molar-refractivity contribution in [3.63, 3.8) is 0 Å². The van der Waals surface area contributed by atoms with Crippen LogP contribution in [0.15, 0.2) is 0 Å². The van der Waals surface area contributed by atoms with E-state index in [1.54, 1.807) is 0 Å². The molecule has 2 nitrogen and oxygen atoms in total. The SMILES string of the molecule is CC(C)CCCC(C)CC1OCCO1. The van der Waals surface area contributed by atoms with Crippen LogP contribution in [-0.2, 0) is 9.47 Å². The fraction of sp³-hybridized carbons (Fsp3) is 1.00. The van der Waals surface area contributed by atoms with Gasteiger partial charge in [-0.15, -0.1) is 0 Å². The summed E-state index contributed by atoms with van der Waals surface area (Å²) >= 11 is 0. The summed E-state index contributed by atoms with van der Waals surface area (Å²) in [5, 5.41) is 0. The Balaban J connectivity index is 2.00. The van der Waals surface area contributed by atoms with Crippen molar-refractivity contribution in [2.75, 3.05) is 13.2 Å². The molecule has 0 radical (unpaired) electrons. The second-order valence-corrected chi connectivity index (χ2v) is 4.84. The van der Waals surface area contributed by atoms with E-state index in [0.717, 1.165) is 31.5 Å².